The van der Waals surface area contributed by atoms with E-state index < -0.39 is 0 Å². The van der Waals surface area contributed by atoms with Crippen molar-refractivity contribution in [2.24, 2.45) is 5.92 Å². The Kier molecular flexibility index (Phi) is 2.00. The zero-order chi connectivity index (χ0) is 9.42. The van der Waals surface area contributed by atoms with Crippen molar-refractivity contribution in [3.63, 3.8) is 0 Å². The number of ether oxygens (including phenoxy) is 1. The summed E-state index contributed by atoms with van der Waals surface area (Å²) in [5.41, 5.74) is 0.899. The zero-order valence-corrected chi connectivity index (χ0v) is 7.91. The first-order valence-corrected chi connectivity index (χ1v) is 4.53. The van der Waals surface area contributed by atoms with Gasteiger partial charge in [-0.15, -0.1) is 0 Å². The van der Waals surface area contributed by atoms with Gasteiger partial charge < -0.3 is 4.74 Å². The molecule has 0 aliphatic carbocycles. The molecule has 13 heavy (non-hydrogen) atoms. The van der Waals surface area contributed by atoms with Crippen LogP contribution >= 0.6 is 11.6 Å². The number of carbonyl (C=O) groups excluding carboxylic acids is 1. The van der Waals surface area contributed by atoms with Gasteiger partial charge in [0.25, 0.3) is 0 Å². The molecule has 1 aliphatic rings. The first-order valence-electron chi connectivity index (χ1n) is 4.15. The summed E-state index contributed by atoms with van der Waals surface area (Å²) in [6, 6.07) is 7.43. The molecule has 0 aromatic heterocycles. The summed E-state index contributed by atoms with van der Waals surface area (Å²) in [7, 11) is 0. The monoisotopic (exact) mass is 196 g/mol. The Morgan fingerprint density at radius 1 is 1.38 bits per heavy atom. The Morgan fingerprint density at radius 3 is 2.62 bits per heavy atom. The molecule has 3 heteroatoms. The number of cyclic esters (lactones) is 1. The fraction of sp³-hybridized carbons (Fsp3) is 0.300. The molecule has 1 fully saturated rings. The number of rotatable bonds is 1. The molecule has 2 atom stereocenters. The molecule has 2 rings (SSSR count). The predicted octanol–water partition coefficient (Wildman–Crippen LogP) is 2.57. The van der Waals surface area contributed by atoms with E-state index in [2.05, 4.69) is 0 Å². The van der Waals surface area contributed by atoms with Crippen molar-refractivity contribution < 1.29 is 9.53 Å². The molecule has 1 aromatic carbocycles. The van der Waals surface area contributed by atoms with Crippen LogP contribution in [0.4, 0.5) is 0 Å². The van der Waals surface area contributed by atoms with E-state index >= 15 is 0 Å². The SMILES string of the molecule is C[C@@H]1C(=O)O[C@@H]1c1ccccc1Cl. The van der Waals surface area contributed by atoms with Gasteiger partial charge in [0.2, 0.25) is 0 Å². The fourth-order valence-corrected chi connectivity index (χ4v) is 1.67. The van der Waals surface area contributed by atoms with Crippen molar-refractivity contribution in [2.45, 2.75) is 13.0 Å². The van der Waals surface area contributed by atoms with Crippen LogP contribution < -0.4 is 0 Å². The molecular formula is C10H9ClO2. The summed E-state index contributed by atoms with van der Waals surface area (Å²) < 4.78 is 4.99. The quantitative estimate of drug-likeness (QED) is 0.646. The van der Waals surface area contributed by atoms with Gasteiger partial charge in [-0.2, -0.15) is 0 Å². The average Bonchev–Trinajstić information content (AvgIpc) is 2.15. The predicted molar refractivity (Wildman–Crippen MR) is 49.4 cm³/mol. The third kappa shape index (κ3) is 1.31. The lowest BCUT2D eigenvalue weighted by Gasteiger charge is -2.33. The van der Waals surface area contributed by atoms with Crippen molar-refractivity contribution in [1.29, 1.82) is 0 Å². The van der Waals surface area contributed by atoms with Crippen LogP contribution in [-0.4, -0.2) is 5.97 Å². The maximum Gasteiger partial charge on any atom is 0.313 e. The number of halogens is 1. The van der Waals surface area contributed by atoms with Gasteiger partial charge in [0.1, 0.15) is 6.10 Å². The Labute approximate surface area is 81.5 Å². The van der Waals surface area contributed by atoms with Gasteiger partial charge in [-0.1, -0.05) is 29.8 Å². The molecule has 2 nitrogen and oxygen atoms in total. The number of hydrogen-bond donors (Lipinski definition) is 0. The van der Waals surface area contributed by atoms with Crippen LogP contribution in [0, 0.1) is 5.92 Å². The molecule has 0 unspecified atom stereocenters. The second-order valence-corrected chi connectivity index (χ2v) is 3.57. The molecule has 1 heterocycles. The maximum absolute atomic E-state index is 10.9. The van der Waals surface area contributed by atoms with Gasteiger partial charge >= 0.3 is 5.97 Å². The molecule has 0 saturated carbocycles. The molecule has 0 N–H and O–H groups in total. The molecule has 1 aliphatic heterocycles. The third-order valence-electron chi connectivity index (χ3n) is 2.28. The third-order valence-corrected chi connectivity index (χ3v) is 2.62. The Morgan fingerprint density at radius 2 is 2.08 bits per heavy atom. The summed E-state index contributed by atoms with van der Waals surface area (Å²) in [6.07, 6.45) is -0.152. The lowest BCUT2D eigenvalue weighted by Crippen LogP contribution is -2.36. The van der Waals surface area contributed by atoms with Crippen molar-refractivity contribution in [3.8, 4) is 0 Å². The summed E-state index contributed by atoms with van der Waals surface area (Å²) >= 11 is 5.95. The van der Waals surface area contributed by atoms with E-state index in [1.165, 1.54) is 0 Å². The van der Waals surface area contributed by atoms with Gasteiger partial charge in [-0.25, -0.2) is 0 Å². The number of benzene rings is 1. The van der Waals surface area contributed by atoms with Crippen LogP contribution in [0.1, 0.15) is 18.6 Å². The first-order chi connectivity index (χ1) is 6.20. The van der Waals surface area contributed by atoms with E-state index in [-0.39, 0.29) is 18.0 Å². The van der Waals surface area contributed by atoms with Gasteiger partial charge in [-0.05, 0) is 13.0 Å². The lowest BCUT2D eigenvalue weighted by atomic mass is 9.92. The molecule has 1 saturated heterocycles. The second-order valence-electron chi connectivity index (χ2n) is 3.17. The highest BCUT2D eigenvalue weighted by atomic mass is 35.5. The largest absolute Gasteiger partial charge is 0.456 e. The highest BCUT2D eigenvalue weighted by molar-refractivity contribution is 6.31. The van der Waals surface area contributed by atoms with Crippen LogP contribution in [0.5, 0.6) is 0 Å². The standard InChI is InChI=1S/C10H9ClO2/c1-6-9(13-10(6)12)7-4-2-3-5-8(7)11/h2-6,9H,1H3/t6-,9-/m0/s1. The minimum Gasteiger partial charge on any atom is -0.456 e. The van der Waals surface area contributed by atoms with Crippen LogP contribution in [0.2, 0.25) is 5.02 Å². The second kappa shape index (κ2) is 3.04. The fourth-order valence-electron chi connectivity index (χ4n) is 1.42. The molecule has 0 spiro atoms. The molecule has 0 radical (unpaired) electrons. The topological polar surface area (TPSA) is 26.3 Å². The average molecular weight is 197 g/mol. The molecule has 0 amide bonds. The zero-order valence-electron chi connectivity index (χ0n) is 7.16. The van der Waals surface area contributed by atoms with Gasteiger partial charge in [-0.3, -0.25) is 4.79 Å². The van der Waals surface area contributed by atoms with Crippen molar-refractivity contribution in [3.05, 3.63) is 34.9 Å². The van der Waals surface area contributed by atoms with E-state index in [0.29, 0.717) is 5.02 Å². The van der Waals surface area contributed by atoms with Crippen molar-refractivity contribution in [1.82, 2.24) is 0 Å². The van der Waals surface area contributed by atoms with Crippen LogP contribution in [-0.2, 0) is 9.53 Å². The van der Waals surface area contributed by atoms with E-state index in [1.54, 1.807) is 6.07 Å². The summed E-state index contributed by atoms with van der Waals surface area (Å²) in [5.74, 6) is -0.218. The Hall–Kier alpha value is -1.02. The number of hydrogen-bond acceptors (Lipinski definition) is 2. The highest BCUT2D eigenvalue weighted by Crippen LogP contribution is 2.39. The molecule has 68 valence electrons. The normalized spacial score (nSPS) is 26.5. The molecule has 1 aromatic rings. The first kappa shape index (κ1) is 8.57. The van der Waals surface area contributed by atoms with E-state index in [0.717, 1.165) is 5.56 Å². The van der Waals surface area contributed by atoms with Gasteiger partial charge in [0, 0.05) is 10.6 Å². The molecule has 0 bridgehead atoms. The highest BCUT2D eigenvalue weighted by Gasteiger charge is 2.40. The minimum atomic E-state index is -0.152. The van der Waals surface area contributed by atoms with Crippen LogP contribution in [0.25, 0.3) is 0 Å². The Balaban J connectivity index is 2.27. The number of carbonyl (C=O) groups is 1. The smallest absolute Gasteiger partial charge is 0.313 e. The van der Waals surface area contributed by atoms with Crippen LogP contribution in [0.15, 0.2) is 24.3 Å². The lowest BCUT2D eigenvalue weighted by molar-refractivity contribution is -0.183. The minimum absolute atomic E-state index is 0.0695. The maximum atomic E-state index is 10.9. The summed E-state index contributed by atoms with van der Waals surface area (Å²) in [6.45, 7) is 1.85. The van der Waals surface area contributed by atoms with Gasteiger partial charge in [0.15, 0.2) is 0 Å². The van der Waals surface area contributed by atoms with Crippen LogP contribution in [0.3, 0.4) is 0 Å². The summed E-state index contributed by atoms with van der Waals surface area (Å²) in [4.78, 5) is 10.9. The van der Waals surface area contributed by atoms with E-state index in [1.807, 2.05) is 25.1 Å². The molecular weight excluding hydrogens is 188 g/mol. The van der Waals surface area contributed by atoms with Crippen molar-refractivity contribution in [2.75, 3.05) is 0 Å². The Bertz CT molecular complexity index is 349. The van der Waals surface area contributed by atoms with E-state index in [9.17, 15) is 4.79 Å². The number of esters is 1. The van der Waals surface area contributed by atoms with E-state index in [4.69, 9.17) is 16.3 Å². The van der Waals surface area contributed by atoms with Gasteiger partial charge in [0.05, 0.1) is 5.92 Å². The van der Waals surface area contributed by atoms with Crippen molar-refractivity contribution >= 4 is 17.6 Å². The summed E-state index contributed by atoms with van der Waals surface area (Å²) in [5, 5.41) is 0.659.